The van der Waals surface area contributed by atoms with Crippen LogP contribution in [0, 0.1) is 12.3 Å². The summed E-state index contributed by atoms with van der Waals surface area (Å²) < 4.78 is 1.74. The van der Waals surface area contributed by atoms with E-state index in [0.29, 0.717) is 12.4 Å². The average Bonchev–Trinajstić information content (AvgIpc) is 3.20. The summed E-state index contributed by atoms with van der Waals surface area (Å²) >= 11 is 0. The molecule has 3 rings (SSSR count). The van der Waals surface area contributed by atoms with Gasteiger partial charge in [0.05, 0.1) is 17.9 Å². The molecule has 6 heteroatoms. The van der Waals surface area contributed by atoms with E-state index in [4.69, 9.17) is 5.10 Å². The molecule has 0 aliphatic rings. The van der Waals surface area contributed by atoms with Crippen LogP contribution in [0.1, 0.15) is 46.1 Å². The van der Waals surface area contributed by atoms with Crippen molar-refractivity contribution in [2.45, 2.75) is 47.5 Å². The minimum atomic E-state index is -0.543. The molecule has 0 unspecified atom stereocenters. The van der Waals surface area contributed by atoms with Crippen LogP contribution >= 0.6 is 0 Å². The van der Waals surface area contributed by atoms with Crippen LogP contribution in [0.2, 0.25) is 0 Å². The van der Waals surface area contributed by atoms with E-state index in [1.165, 1.54) is 0 Å². The molecule has 0 bridgehead atoms. The summed E-state index contributed by atoms with van der Waals surface area (Å²) in [6, 6.07) is 19.7. The van der Waals surface area contributed by atoms with E-state index in [9.17, 15) is 9.59 Å². The number of carbonyl (C=O) groups is 2. The summed E-state index contributed by atoms with van der Waals surface area (Å²) in [7, 11) is 0. The van der Waals surface area contributed by atoms with Crippen molar-refractivity contribution in [3.05, 3.63) is 66.2 Å². The molecule has 0 saturated heterocycles. The highest BCUT2D eigenvalue weighted by Crippen LogP contribution is 2.25. The summed E-state index contributed by atoms with van der Waals surface area (Å²) in [4.78, 5) is 27.6. The van der Waals surface area contributed by atoms with Gasteiger partial charge in [0.1, 0.15) is 5.82 Å². The number of hydrogen-bond acceptors (Lipinski definition) is 3. The van der Waals surface area contributed by atoms with Crippen LogP contribution in [-0.2, 0) is 9.59 Å². The van der Waals surface area contributed by atoms with E-state index in [1.54, 1.807) is 9.58 Å². The molecular weight excluding hydrogens is 412 g/mol. The normalized spacial score (nSPS) is 11.3. The van der Waals surface area contributed by atoms with Gasteiger partial charge in [-0.05, 0) is 25.5 Å². The van der Waals surface area contributed by atoms with Crippen LogP contribution in [0.4, 0.5) is 5.82 Å². The first-order chi connectivity index (χ1) is 15.7. The van der Waals surface area contributed by atoms with Crippen LogP contribution in [0.15, 0.2) is 60.7 Å². The van der Waals surface area contributed by atoms with E-state index >= 15 is 0 Å². The molecule has 0 saturated carbocycles. The first kappa shape index (κ1) is 24.2. The first-order valence-electron chi connectivity index (χ1n) is 11.5. The number of aryl methyl sites for hydroxylation is 1. The summed E-state index contributed by atoms with van der Waals surface area (Å²) in [6.07, 6.45) is 1.81. The minimum Gasteiger partial charge on any atom is -0.333 e. The fourth-order valence-corrected chi connectivity index (χ4v) is 3.53. The largest absolute Gasteiger partial charge is 0.333 e. The van der Waals surface area contributed by atoms with E-state index < -0.39 is 5.41 Å². The van der Waals surface area contributed by atoms with Gasteiger partial charge in [-0.25, -0.2) is 4.68 Å². The standard InChI is InChI=1S/C27H34N4O2/c1-6-7-17-30(26(33)27(3,4)5)19-25(32)28-24-18-23(21-11-9-8-10-12-21)29-31(24)22-15-13-20(2)14-16-22/h8-16,18H,6-7,17,19H2,1-5H3,(H,28,32). The summed E-state index contributed by atoms with van der Waals surface area (Å²) in [5.74, 6) is 0.307. The molecule has 0 spiro atoms. The third-order valence-corrected chi connectivity index (χ3v) is 5.37. The van der Waals surface area contributed by atoms with Gasteiger partial charge in [-0.15, -0.1) is 0 Å². The van der Waals surface area contributed by atoms with Crippen molar-refractivity contribution >= 4 is 17.6 Å². The number of anilines is 1. The molecule has 2 amide bonds. The summed E-state index contributed by atoms with van der Waals surface area (Å²) in [5, 5.41) is 7.75. The Bertz CT molecular complexity index is 1080. The number of nitrogens with one attached hydrogen (secondary N) is 1. The number of unbranched alkanes of at least 4 members (excludes halogenated alkanes) is 1. The number of aromatic nitrogens is 2. The molecule has 3 aromatic rings. The molecule has 174 valence electrons. The number of hydrogen-bond donors (Lipinski definition) is 1. The van der Waals surface area contributed by atoms with Crippen LogP contribution < -0.4 is 5.32 Å². The third kappa shape index (κ3) is 6.31. The van der Waals surface area contributed by atoms with Gasteiger partial charge in [-0.2, -0.15) is 5.10 Å². The summed E-state index contributed by atoms with van der Waals surface area (Å²) in [5.41, 5.74) is 3.18. The van der Waals surface area contributed by atoms with Crippen LogP contribution in [0.5, 0.6) is 0 Å². The SMILES string of the molecule is CCCCN(CC(=O)Nc1cc(-c2ccccc2)nn1-c1ccc(C)cc1)C(=O)C(C)(C)C. The maximum Gasteiger partial charge on any atom is 0.245 e. The van der Waals surface area contributed by atoms with Gasteiger partial charge in [-0.3, -0.25) is 9.59 Å². The smallest absolute Gasteiger partial charge is 0.245 e. The zero-order chi connectivity index (χ0) is 24.0. The molecule has 2 aromatic carbocycles. The van der Waals surface area contributed by atoms with Gasteiger partial charge >= 0.3 is 0 Å². The number of carbonyl (C=O) groups excluding carboxylic acids is 2. The molecule has 0 radical (unpaired) electrons. The molecule has 33 heavy (non-hydrogen) atoms. The molecule has 0 aliphatic carbocycles. The average molecular weight is 447 g/mol. The molecule has 0 atom stereocenters. The highest BCUT2D eigenvalue weighted by Gasteiger charge is 2.28. The van der Waals surface area contributed by atoms with Gasteiger partial charge < -0.3 is 10.2 Å². The summed E-state index contributed by atoms with van der Waals surface area (Å²) in [6.45, 7) is 10.3. The van der Waals surface area contributed by atoms with Crippen molar-refractivity contribution in [3.63, 3.8) is 0 Å². The van der Waals surface area contributed by atoms with Crippen molar-refractivity contribution in [2.24, 2.45) is 5.41 Å². The Morgan fingerprint density at radius 2 is 1.70 bits per heavy atom. The van der Waals surface area contributed by atoms with E-state index in [1.807, 2.05) is 88.4 Å². The number of nitrogens with zero attached hydrogens (tertiary/aromatic N) is 3. The van der Waals surface area contributed by atoms with Crippen molar-refractivity contribution in [1.29, 1.82) is 0 Å². The lowest BCUT2D eigenvalue weighted by Crippen LogP contribution is -2.44. The Morgan fingerprint density at radius 3 is 2.30 bits per heavy atom. The molecule has 0 fully saturated rings. The van der Waals surface area contributed by atoms with Crippen molar-refractivity contribution < 1.29 is 9.59 Å². The second-order valence-corrected chi connectivity index (χ2v) is 9.41. The van der Waals surface area contributed by atoms with E-state index in [-0.39, 0.29) is 18.4 Å². The zero-order valence-corrected chi connectivity index (χ0v) is 20.3. The molecule has 0 aliphatic heterocycles. The fraction of sp³-hybridized carbons (Fsp3) is 0.370. The van der Waals surface area contributed by atoms with Gasteiger partial charge in [0.25, 0.3) is 0 Å². The number of rotatable bonds is 8. The Morgan fingerprint density at radius 1 is 1.03 bits per heavy atom. The number of amides is 2. The second kappa shape index (κ2) is 10.5. The van der Waals surface area contributed by atoms with Gasteiger partial charge in [-0.1, -0.05) is 82.1 Å². The Hall–Kier alpha value is -3.41. The lowest BCUT2D eigenvalue weighted by molar-refractivity contribution is -0.141. The second-order valence-electron chi connectivity index (χ2n) is 9.41. The van der Waals surface area contributed by atoms with E-state index in [0.717, 1.165) is 35.3 Å². The quantitative estimate of drug-likeness (QED) is 0.499. The van der Waals surface area contributed by atoms with Crippen LogP contribution in [-0.4, -0.2) is 39.6 Å². The molecule has 6 nitrogen and oxygen atoms in total. The Labute approximate surface area is 196 Å². The Balaban J connectivity index is 1.89. The lowest BCUT2D eigenvalue weighted by Gasteiger charge is -2.29. The van der Waals surface area contributed by atoms with E-state index in [2.05, 4.69) is 12.2 Å². The minimum absolute atomic E-state index is 0.00977. The predicted molar refractivity (Wildman–Crippen MR) is 133 cm³/mol. The van der Waals surface area contributed by atoms with Crippen molar-refractivity contribution in [3.8, 4) is 16.9 Å². The number of benzene rings is 2. The zero-order valence-electron chi connectivity index (χ0n) is 20.3. The maximum absolute atomic E-state index is 13.1. The monoisotopic (exact) mass is 446 g/mol. The van der Waals surface area contributed by atoms with Crippen molar-refractivity contribution in [2.75, 3.05) is 18.4 Å². The highest BCUT2D eigenvalue weighted by molar-refractivity contribution is 5.95. The van der Waals surface area contributed by atoms with Gasteiger partial charge in [0, 0.05) is 23.6 Å². The van der Waals surface area contributed by atoms with Crippen LogP contribution in [0.3, 0.4) is 0 Å². The molecule has 1 heterocycles. The molecular formula is C27H34N4O2. The fourth-order valence-electron chi connectivity index (χ4n) is 3.53. The lowest BCUT2D eigenvalue weighted by atomic mass is 9.94. The molecule has 1 N–H and O–H groups in total. The van der Waals surface area contributed by atoms with Crippen LogP contribution in [0.25, 0.3) is 16.9 Å². The van der Waals surface area contributed by atoms with Gasteiger partial charge in [0.15, 0.2) is 0 Å². The maximum atomic E-state index is 13.1. The Kier molecular flexibility index (Phi) is 7.69. The highest BCUT2D eigenvalue weighted by atomic mass is 16.2. The predicted octanol–water partition coefficient (Wildman–Crippen LogP) is 5.46. The van der Waals surface area contributed by atoms with Crippen molar-refractivity contribution in [1.82, 2.24) is 14.7 Å². The molecule has 1 aromatic heterocycles. The topological polar surface area (TPSA) is 67.2 Å². The van der Waals surface area contributed by atoms with Gasteiger partial charge in [0.2, 0.25) is 11.8 Å². The third-order valence-electron chi connectivity index (χ3n) is 5.37. The first-order valence-corrected chi connectivity index (χ1v) is 11.5.